The minimum Gasteiger partial charge on any atom is -0.394 e. The Morgan fingerprint density at radius 2 is 2.42 bits per heavy atom. The second-order valence-electron chi connectivity index (χ2n) is 2.73. The lowest BCUT2D eigenvalue weighted by molar-refractivity contribution is 0.0778. The van der Waals surface area contributed by atoms with E-state index in [1.54, 1.807) is 10.7 Å². The lowest BCUT2D eigenvalue weighted by Crippen LogP contribution is -2.21. The molecule has 0 saturated heterocycles. The first kappa shape index (κ1) is 9.02. The van der Waals surface area contributed by atoms with Crippen LogP contribution in [0.4, 0.5) is 5.82 Å². The second kappa shape index (κ2) is 3.55. The van der Waals surface area contributed by atoms with Crippen LogP contribution in [0.1, 0.15) is 5.69 Å². The van der Waals surface area contributed by atoms with Crippen LogP contribution in [-0.2, 0) is 6.54 Å². The monoisotopic (exact) mass is 171 g/mol. The fourth-order valence-electron chi connectivity index (χ4n) is 0.978. The zero-order valence-electron chi connectivity index (χ0n) is 6.94. The van der Waals surface area contributed by atoms with Crippen molar-refractivity contribution >= 4 is 5.82 Å². The molecule has 1 atom stereocenters. The van der Waals surface area contributed by atoms with Crippen molar-refractivity contribution < 1.29 is 10.2 Å². The normalized spacial score (nSPS) is 13.2. The van der Waals surface area contributed by atoms with E-state index >= 15 is 0 Å². The summed E-state index contributed by atoms with van der Waals surface area (Å²) in [7, 11) is 0. The van der Waals surface area contributed by atoms with E-state index in [1.807, 2.05) is 6.92 Å². The molecule has 0 fully saturated rings. The minimum atomic E-state index is -0.775. The lowest BCUT2D eigenvalue weighted by Gasteiger charge is -2.07. The minimum absolute atomic E-state index is 0.265. The Kier molecular flexibility index (Phi) is 2.67. The van der Waals surface area contributed by atoms with Crippen LogP contribution >= 0.6 is 0 Å². The number of hydrogen-bond donors (Lipinski definition) is 3. The molecule has 1 aromatic heterocycles. The fraction of sp³-hybridized carbons (Fsp3) is 0.571. The summed E-state index contributed by atoms with van der Waals surface area (Å²) in [4.78, 5) is 0. The molecule has 1 unspecified atom stereocenters. The zero-order chi connectivity index (χ0) is 9.14. The number of nitrogen functional groups attached to an aromatic ring is 1. The maximum Gasteiger partial charge on any atom is 0.145 e. The molecule has 1 heterocycles. The van der Waals surface area contributed by atoms with Crippen molar-refractivity contribution in [3.05, 3.63) is 11.8 Å². The molecule has 0 saturated carbocycles. The smallest absolute Gasteiger partial charge is 0.145 e. The van der Waals surface area contributed by atoms with Crippen LogP contribution in [0.15, 0.2) is 6.07 Å². The Bertz CT molecular complexity index is 259. The molecule has 0 radical (unpaired) electrons. The van der Waals surface area contributed by atoms with Crippen molar-refractivity contribution in [3.63, 3.8) is 0 Å². The molecule has 12 heavy (non-hydrogen) atoms. The average molecular weight is 171 g/mol. The van der Waals surface area contributed by atoms with E-state index in [1.165, 1.54) is 0 Å². The number of anilines is 1. The van der Waals surface area contributed by atoms with Crippen molar-refractivity contribution in [2.75, 3.05) is 12.3 Å². The average Bonchev–Trinajstić information content (AvgIpc) is 2.30. The van der Waals surface area contributed by atoms with Gasteiger partial charge in [0.1, 0.15) is 5.82 Å². The standard InChI is InChI=1S/C7H13N3O2/c1-5-2-7(8)9-10(5)3-6(12)4-11/h2,6,11-12H,3-4H2,1H3,(H2,8,9). The number of aliphatic hydroxyl groups is 2. The zero-order valence-corrected chi connectivity index (χ0v) is 6.94. The number of rotatable bonds is 3. The van der Waals surface area contributed by atoms with Crippen LogP contribution < -0.4 is 5.73 Å². The Morgan fingerprint density at radius 3 is 2.83 bits per heavy atom. The molecule has 0 aromatic carbocycles. The largest absolute Gasteiger partial charge is 0.394 e. The van der Waals surface area contributed by atoms with Gasteiger partial charge in [-0.2, -0.15) is 5.10 Å². The van der Waals surface area contributed by atoms with Gasteiger partial charge in [0.25, 0.3) is 0 Å². The van der Waals surface area contributed by atoms with Crippen LogP contribution in [0, 0.1) is 6.92 Å². The van der Waals surface area contributed by atoms with Crippen molar-refractivity contribution in [2.45, 2.75) is 19.6 Å². The molecule has 68 valence electrons. The molecule has 0 spiro atoms. The molecule has 4 N–H and O–H groups in total. The highest BCUT2D eigenvalue weighted by Gasteiger charge is 2.06. The van der Waals surface area contributed by atoms with Crippen LogP contribution in [0.3, 0.4) is 0 Å². The van der Waals surface area contributed by atoms with E-state index in [2.05, 4.69) is 5.10 Å². The van der Waals surface area contributed by atoms with E-state index in [0.29, 0.717) is 5.82 Å². The topological polar surface area (TPSA) is 84.3 Å². The number of aryl methyl sites for hydroxylation is 1. The lowest BCUT2D eigenvalue weighted by atomic mass is 10.3. The van der Waals surface area contributed by atoms with Crippen molar-refractivity contribution in [1.29, 1.82) is 0 Å². The predicted molar refractivity (Wildman–Crippen MR) is 44.5 cm³/mol. The number of nitrogens with two attached hydrogens (primary N) is 1. The van der Waals surface area contributed by atoms with Gasteiger partial charge in [0.15, 0.2) is 0 Å². The van der Waals surface area contributed by atoms with E-state index in [9.17, 15) is 0 Å². The Labute approximate surface area is 70.4 Å². The van der Waals surface area contributed by atoms with Gasteiger partial charge in [-0.25, -0.2) is 0 Å². The molecule has 0 aliphatic carbocycles. The Morgan fingerprint density at radius 1 is 1.75 bits per heavy atom. The molecular formula is C7H13N3O2. The summed E-state index contributed by atoms with van der Waals surface area (Å²) >= 11 is 0. The van der Waals surface area contributed by atoms with Gasteiger partial charge in [0.2, 0.25) is 0 Å². The van der Waals surface area contributed by atoms with Crippen LogP contribution in [-0.4, -0.2) is 32.7 Å². The maximum absolute atomic E-state index is 9.09. The molecule has 5 nitrogen and oxygen atoms in total. The molecule has 5 heteroatoms. The number of aliphatic hydroxyl groups excluding tert-OH is 2. The summed E-state index contributed by atoms with van der Waals surface area (Å²) in [5.41, 5.74) is 6.30. The van der Waals surface area contributed by atoms with Gasteiger partial charge in [-0.05, 0) is 6.92 Å². The molecule has 1 rings (SSSR count). The molecule has 0 aliphatic heterocycles. The van der Waals surface area contributed by atoms with Gasteiger partial charge >= 0.3 is 0 Å². The summed E-state index contributed by atoms with van der Waals surface area (Å²) in [6.45, 7) is 1.85. The van der Waals surface area contributed by atoms with E-state index in [0.717, 1.165) is 5.69 Å². The first-order valence-corrected chi connectivity index (χ1v) is 3.72. The SMILES string of the molecule is Cc1cc(N)nn1CC(O)CO. The first-order chi connectivity index (χ1) is 5.63. The highest BCUT2D eigenvalue weighted by Crippen LogP contribution is 2.04. The van der Waals surface area contributed by atoms with Gasteiger partial charge in [0.05, 0.1) is 19.3 Å². The summed E-state index contributed by atoms with van der Waals surface area (Å²) in [5, 5.41) is 21.6. The summed E-state index contributed by atoms with van der Waals surface area (Å²) in [6.07, 6.45) is -0.775. The van der Waals surface area contributed by atoms with Crippen LogP contribution in [0.25, 0.3) is 0 Å². The number of aromatic nitrogens is 2. The third-order valence-corrected chi connectivity index (χ3v) is 1.59. The van der Waals surface area contributed by atoms with E-state index in [4.69, 9.17) is 15.9 Å². The third-order valence-electron chi connectivity index (χ3n) is 1.59. The number of hydrogen-bond acceptors (Lipinski definition) is 4. The fourth-order valence-corrected chi connectivity index (χ4v) is 0.978. The molecule has 0 aliphatic rings. The van der Waals surface area contributed by atoms with Crippen LogP contribution in [0.2, 0.25) is 0 Å². The maximum atomic E-state index is 9.09. The molecular weight excluding hydrogens is 158 g/mol. The van der Waals surface area contributed by atoms with Gasteiger partial charge < -0.3 is 15.9 Å². The summed E-state index contributed by atoms with van der Waals surface area (Å²) < 4.78 is 1.57. The van der Waals surface area contributed by atoms with Gasteiger partial charge in [-0.1, -0.05) is 0 Å². The molecule has 0 amide bonds. The molecule has 1 aromatic rings. The number of nitrogens with zero attached hydrogens (tertiary/aromatic N) is 2. The van der Waals surface area contributed by atoms with Crippen molar-refractivity contribution in [3.8, 4) is 0 Å². The highest BCUT2D eigenvalue weighted by atomic mass is 16.3. The van der Waals surface area contributed by atoms with Gasteiger partial charge in [0, 0.05) is 11.8 Å². The highest BCUT2D eigenvalue weighted by molar-refractivity contribution is 5.28. The van der Waals surface area contributed by atoms with E-state index < -0.39 is 6.10 Å². The van der Waals surface area contributed by atoms with Crippen molar-refractivity contribution in [2.24, 2.45) is 0 Å². The Balaban J connectivity index is 2.68. The summed E-state index contributed by atoms with van der Waals surface area (Å²) in [5.74, 6) is 0.428. The Hall–Kier alpha value is -1.07. The summed E-state index contributed by atoms with van der Waals surface area (Å²) in [6, 6.07) is 1.71. The van der Waals surface area contributed by atoms with Gasteiger partial charge in [-0.15, -0.1) is 0 Å². The van der Waals surface area contributed by atoms with E-state index in [-0.39, 0.29) is 13.2 Å². The first-order valence-electron chi connectivity index (χ1n) is 3.72. The predicted octanol–water partition coefficient (Wildman–Crippen LogP) is -0.873. The van der Waals surface area contributed by atoms with Gasteiger partial charge in [-0.3, -0.25) is 4.68 Å². The van der Waals surface area contributed by atoms with Crippen LogP contribution in [0.5, 0.6) is 0 Å². The molecule has 0 bridgehead atoms. The quantitative estimate of drug-likeness (QED) is 0.551. The van der Waals surface area contributed by atoms with Crippen molar-refractivity contribution in [1.82, 2.24) is 9.78 Å². The third kappa shape index (κ3) is 1.96. The second-order valence-corrected chi connectivity index (χ2v) is 2.73.